The zero-order valence-corrected chi connectivity index (χ0v) is 11.2. The predicted octanol–water partition coefficient (Wildman–Crippen LogP) is 3.15. The van der Waals surface area contributed by atoms with Gasteiger partial charge in [-0.25, -0.2) is 0 Å². The first kappa shape index (κ1) is 13.3. The first-order valence-corrected chi connectivity index (χ1v) is 6.59. The molecule has 1 atom stereocenters. The normalized spacial score (nSPS) is 11.8. The number of carbonyl (C=O) groups excluding carboxylic acids is 1. The average Bonchev–Trinajstić information content (AvgIpc) is 2.45. The van der Waals surface area contributed by atoms with Crippen LogP contribution in [0.4, 0.5) is 0 Å². The second-order valence-corrected chi connectivity index (χ2v) is 4.73. The smallest absolute Gasteiger partial charge is 0.216 e. The Bertz CT molecular complexity index is 507. The molecular formula is C17H19NO. The number of nitrogens with one attached hydrogen (secondary N) is 1. The molecule has 0 aromatic heterocycles. The van der Waals surface area contributed by atoms with Gasteiger partial charge >= 0.3 is 0 Å². The molecule has 0 bridgehead atoms. The van der Waals surface area contributed by atoms with Crippen LogP contribution >= 0.6 is 0 Å². The van der Waals surface area contributed by atoms with Gasteiger partial charge in [0, 0.05) is 19.4 Å². The van der Waals surface area contributed by atoms with Gasteiger partial charge < -0.3 is 5.32 Å². The van der Waals surface area contributed by atoms with Crippen molar-refractivity contribution >= 4 is 5.91 Å². The molecule has 0 aliphatic carbocycles. The van der Waals surface area contributed by atoms with E-state index in [1.807, 2.05) is 24.3 Å². The van der Waals surface area contributed by atoms with Crippen LogP contribution in [0.2, 0.25) is 0 Å². The third-order valence-electron chi connectivity index (χ3n) is 3.19. The summed E-state index contributed by atoms with van der Waals surface area (Å²) in [5, 5.41) is 2.93. The Labute approximate surface area is 114 Å². The molecule has 2 heteroatoms. The second-order valence-electron chi connectivity index (χ2n) is 4.73. The molecular weight excluding hydrogens is 234 g/mol. The van der Waals surface area contributed by atoms with Gasteiger partial charge in [0.2, 0.25) is 5.91 Å². The molecule has 1 N–H and O–H groups in total. The highest BCUT2D eigenvalue weighted by Crippen LogP contribution is 2.20. The Morgan fingerprint density at radius 2 is 1.58 bits per heavy atom. The standard InChI is InChI=1S/C17H19NO/c1-14(19)18-13-17(16-10-6-3-7-11-16)12-15-8-4-2-5-9-15/h2-11,17H,12-13H2,1H3,(H,18,19)/t17-/m0/s1. The highest BCUT2D eigenvalue weighted by molar-refractivity contribution is 5.72. The third kappa shape index (κ3) is 4.25. The van der Waals surface area contributed by atoms with Crippen LogP contribution in [0.5, 0.6) is 0 Å². The zero-order valence-electron chi connectivity index (χ0n) is 11.2. The maximum Gasteiger partial charge on any atom is 0.216 e. The van der Waals surface area contributed by atoms with Crippen molar-refractivity contribution in [2.24, 2.45) is 0 Å². The molecule has 19 heavy (non-hydrogen) atoms. The van der Waals surface area contributed by atoms with Gasteiger partial charge in [-0.2, -0.15) is 0 Å². The summed E-state index contributed by atoms with van der Waals surface area (Å²) in [7, 11) is 0. The van der Waals surface area contributed by atoms with Gasteiger partial charge in [-0.15, -0.1) is 0 Å². The summed E-state index contributed by atoms with van der Waals surface area (Å²) in [6.07, 6.45) is 0.936. The maximum absolute atomic E-state index is 11.1. The minimum atomic E-state index is 0.0222. The number of hydrogen-bond acceptors (Lipinski definition) is 1. The number of carbonyl (C=O) groups is 1. The largest absolute Gasteiger partial charge is 0.356 e. The molecule has 0 aliphatic heterocycles. The lowest BCUT2D eigenvalue weighted by Crippen LogP contribution is -2.27. The fourth-order valence-corrected chi connectivity index (χ4v) is 2.20. The van der Waals surface area contributed by atoms with Crippen molar-refractivity contribution < 1.29 is 4.79 Å². The van der Waals surface area contributed by atoms with E-state index in [1.54, 1.807) is 6.92 Å². The lowest BCUT2D eigenvalue weighted by Gasteiger charge is -2.18. The number of benzene rings is 2. The van der Waals surface area contributed by atoms with Crippen molar-refractivity contribution in [1.82, 2.24) is 5.32 Å². The number of rotatable bonds is 5. The average molecular weight is 253 g/mol. The second kappa shape index (κ2) is 6.74. The van der Waals surface area contributed by atoms with E-state index in [4.69, 9.17) is 0 Å². The first-order valence-electron chi connectivity index (χ1n) is 6.59. The van der Waals surface area contributed by atoms with E-state index in [0.29, 0.717) is 12.5 Å². The Hall–Kier alpha value is -2.09. The van der Waals surface area contributed by atoms with E-state index in [-0.39, 0.29) is 5.91 Å². The van der Waals surface area contributed by atoms with E-state index < -0.39 is 0 Å². The van der Waals surface area contributed by atoms with Gasteiger partial charge in [-0.3, -0.25) is 4.79 Å². The molecule has 1 amide bonds. The summed E-state index contributed by atoms with van der Waals surface area (Å²) in [6.45, 7) is 2.23. The van der Waals surface area contributed by atoms with E-state index in [0.717, 1.165) is 6.42 Å². The molecule has 2 nitrogen and oxygen atoms in total. The lowest BCUT2D eigenvalue weighted by molar-refractivity contribution is -0.119. The van der Waals surface area contributed by atoms with Crippen molar-refractivity contribution in [3.05, 3.63) is 71.8 Å². The molecule has 0 fully saturated rings. The molecule has 0 radical (unpaired) electrons. The fraction of sp³-hybridized carbons (Fsp3) is 0.235. The number of amides is 1. The molecule has 98 valence electrons. The quantitative estimate of drug-likeness (QED) is 0.871. The summed E-state index contributed by atoms with van der Waals surface area (Å²) >= 11 is 0. The van der Waals surface area contributed by atoms with Gasteiger partial charge in [-0.05, 0) is 17.5 Å². The van der Waals surface area contributed by atoms with Crippen LogP contribution in [-0.4, -0.2) is 12.5 Å². The fourth-order valence-electron chi connectivity index (χ4n) is 2.20. The van der Waals surface area contributed by atoms with Crippen molar-refractivity contribution in [3.8, 4) is 0 Å². The van der Waals surface area contributed by atoms with Crippen molar-refractivity contribution in [3.63, 3.8) is 0 Å². The van der Waals surface area contributed by atoms with Gasteiger partial charge in [0.25, 0.3) is 0 Å². The van der Waals surface area contributed by atoms with Crippen molar-refractivity contribution in [1.29, 1.82) is 0 Å². The van der Waals surface area contributed by atoms with Crippen molar-refractivity contribution in [2.75, 3.05) is 6.54 Å². The molecule has 0 saturated carbocycles. The molecule has 2 rings (SSSR count). The van der Waals surface area contributed by atoms with E-state index >= 15 is 0 Å². The zero-order chi connectivity index (χ0) is 13.5. The van der Waals surface area contributed by atoms with Crippen LogP contribution in [0.15, 0.2) is 60.7 Å². The van der Waals surface area contributed by atoms with Gasteiger partial charge in [0.1, 0.15) is 0 Å². The Morgan fingerprint density at radius 3 is 2.16 bits per heavy atom. The van der Waals surface area contributed by atoms with Crippen LogP contribution in [0.1, 0.15) is 24.0 Å². The maximum atomic E-state index is 11.1. The Kier molecular flexibility index (Phi) is 4.73. The SMILES string of the molecule is CC(=O)NC[C@H](Cc1ccccc1)c1ccccc1. The highest BCUT2D eigenvalue weighted by Gasteiger charge is 2.12. The summed E-state index contributed by atoms with van der Waals surface area (Å²) in [5.41, 5.74) is 2.56. The minimum Gasteiger partial charge on any atom is -0.356 e. The lowest BCUT2D eigenvalue weighted by atomic mass is 9.92. The molecule has 0 unspecified atom stereocenters. The van der Waals surface area contributed by atoms with E-state index in [9.17, 15) is 4.79 Å². The topological polar surface area (TPSA) is 29.1 Å². The Morgan fingerprint density at radius 1 is 1.00 bits per heavy atom. The summed E-state index contributed by atoms with van der Waals surface area (Å²) in [6, 6.07) is 20.7. The first-order chi connectivity index (χ1) is 9.25. The third-order valence-corrected chi connectivity index (χ3v) is 3.19. The van der Waals surface area contributed by atoms with Gasteiger partial charge in [0.15, 0.2) is 0 Å². The molecule has 0 spiro atoms. The van der Waals surface area contributed by atoms with Crippen LogP contribution in [-0.2, 0) is 11.2 Å². The molecule has 0 saturated heterocycles. The van der Waals surface area contributed by atoms with Crippen LogP contribution in [0.25, 0.3) is 0 Å². The molecule has 0 aliphatic rings. The van der Waals surface area contributed by atoms with Gasteiger partial charge in [-0.1, -0.05) is 60.7 Å². The molecule has 2 aromatic rings. The molecule has 0 heterocycles. The van der Waals surface area contributed by atoms with Crippen LogP contribution in [0.3, 0.4) is 0 Å². The summed E-state index contributed by atoms with van der Waals surface area (Å²) < 4.78 is 0. The van der Waals surface area contributed by atoms with E-state index in [1.165, 1.54) is 11.1 Å². The monoisotopic (exact) mass is 253 g/mol. The summed E-state index contributed by atoms with van der Waals surface area (Å²) in [4.78, 5) is 11.1. The Balaban J connectivity index is 2.12. The highest BCUT2D eigenvalue weighted by atomic mass is 16.1. The predicted molar refractivity (Wildman–Crippen MR) is 78.0 cm³/mol. The molecule has 2 aromatic carbocycles. The summed E-state index contributed by atoms with van der Waals surface area (Å²) in [5.74, 6) is 0.335. The van der Waals surface area contributed by atoms with Gasteiger partial charge in [0.05, 0.1) is 0 Å². The number of hydrogen-bond donors (Lipinski definition) is 1. The van der Waals surface area contributed by atoms with E-state index in [2.05, 4.69) is 41.7 Å². The van der Waals surface area contributed by atoms with Crippen LogP contribution in [0, 0.1) is 0 Å². The van der Waals surface area contributed by atoms with Crippen molar-refractivity contribution in [2.45, 2.75) is 19.3 Å². The minimum absolute atomic E-state index is 0.0222. The van der Waals surface area contributed by atoms with Crippen LogP contribution < -0.4 is 5.32 Å².